The molecule has 0 heterocycles. The number of Topliss-reactive ketones (excluding diaryl/α,β-unsaturated/α-hetero) is 1. The van der Waals surface area contributed by atoms with Crippen LogP contribution in [0.1, 0.15) is 62.1 Å². The van der Waals surface area contributed by atoms with E-state index in [-0.39, 0.29) is 28.7 Å². The average molecular weight is 432 g/mol. The summed E-state index contributed by atoms with van der Waals surface area (Å²) in [5.41, 5.74) is 1.97. The Morgan fingerprint density at radius 1 is 0.719 bits per heavy atom. The van der Waals surface area contributed by atoms with Gasteiger partial charge >= 0.3 is 11.9 Å². The van der Waals surface area contributed by atoms with E-state index >= 15 is 4.39 Å². The predicted molar refractivity (Wildman–Crippen MR) is 116 cm³/mol. The number of halogens is 1. The lowest BCUT2D eigenvalue weighted by atomic mass is 9.49. The fraction of sp³-hybridized carbons (Fsp3) is 0.192. The van der Waals surface area contributed by atoms with Crippen molar-refractivity contribution in [1.82, 2.24) is 0 Å². The van der Waals surface area contributed by atoms with Crippen LogP contribution in [-0.2, 0) is 4.79 Å². The third-order valence-corrected chi connectivity index (χ3v) is 6.35. The number of carboxylic acid groups (broad SMARTS) is 2. The maximum Gasteiger partial charge on any atom is 0.335 e. The van der Waals surface area contributed by atoms with Crippen molar-refractivity contribution in [3.05, 3.63) is 106 Å². The molecule has 1 aliphatic rings. The van der Waals surface area contributed by atoms with Crippen LogP contribution in [0.5, 0.6) is 0 Å². The van der Waals surface area contributed by atoms with E-state index in [0.29, 0.717) is 5.56 Å². The van der Waals surface area contributed by atoms with Gasteiger partial charge in [-0.25, -0.2) is 14.0 Å². The van der Waals surface area contributed by atoms with Crippen LogP contribution < -0.4 is 0 Å². The first-order chi connectivity index (χ1) is 15.3. The molecule has 4 atom stereocenters. The maximum absolute atomic E-state index is 15.1. The van der Waals surface area contributed by atoms with Gasteiger partial charge in [0, 0.05) is 23.7 Å². The topological polar surface area (TPSA) is 91.7 Å². The summed E-state index contributed by atoms with van der Waals surface area (Å²) in [5.74, 6) is -4.43. The monoisotopic (exact) mass is 432 g/mol. The normalized spacial score (nSPS) is 22.1. The first kappa shape index (κ1) is 21.4. The Labute approximate surface area is 184 Å². The van der Waals surface area contributed by atoms with Crippen molar-refractivity contribution < 1.29 is 29.0 Å². The van der Waals surface area contributed by atoms with Gasteiger partial charge in [0.2, 0.25) is 0 Å². The summed E-state index contributed by atoms with van der Waals surface area (Å²) < 4.78 is 15.1. The summed E-state index contributed by atoms with van der Waals surface area (Å²) in [5, 5.41) is 18.4. The van der Waals surface area contributed by atoms with Crippen molar-refractivity contribution in [3.63, 3.8) is 0 Å². The molecule has 0 aromatic heterocycles. The van der Waals surface area contributed by atoms with Gasteiger partial charge in [-0.3, -0.25) is 4.79 Å². The zero-order valence-electron chi connectivity index (χ0n) is 17.2. The highest BCUT2D eigenvalue weighted by atomic mass is 19.1. The van der Waals surface area contributed by atoms with E-state index in [2.05, 4.69) is 0 Å². The molecule has 1 aliphatic carbocycles. The van der Waals surface area contributed by atoms with Crippen LogP contribution in [0.25, 0.3) is 0 Å². The molecule has 4 unspecified atom stereocenters. The number of carbonyl (C=O) groups is 3. The van der Waals surface area contributed by atoms with Gasteiger partial charge in [-0.2, -0.15) is 0 Å². The van der Waals surface area contributed by atoms with E-state index < -0.39 is 29.6 Å². The van der Waals surface area contributed by atoms with E-state index in [4.69, 9.17) is 0 Å². The lowest BCUT2D eigenvalue weighted by Crippen LogP contribution is -2.45. The van der Waals surface area contributed by atoms with Gasteiger partial charge < -0.3 is 10.2 Å². The van der Waals surface area contributed by atoms with Gasteiger partial charge in [0.1, 0.15) is 11.6 Å². The van der Waals surface area contributed by atoms with Crippen LogP contribution in [-0.4, -0.2) is 27.9 Å². The first-order valence-corrected chi connectivity index (χ1v) is 10.2. The molecule has 162 valence electrons. The molecule has 0 aliphatic heterocycles. The Balaban J connectivity index is 1.85. The molecule has 3 aromatic rings. The van der Waals surface area contributed by atoms with Crippen molar-refractivity contribution in [2.24, 2.45) is 5.92 Å². The van der Waals surface area contributed by atoms with Crippen LogP contribution in [0.15, 0.2) is 72.8 Å². The fourth-order valence-corrected chi connectivity index (χ4v) is 4.92. The second-order valence-corrected chi connectivity index (χ2v) is 8.09. The van der Waals surface area contributed by atoms with Gasteiger partial charge in [0.05, 0.1) is 11.1 Å². The zero-order valence-corrected chi connectivity index (χ0v) is 17.2. The van der Waals surface area contributed by atoms with Crippen LogP contribution >= 0.6 is 0 Å². The summed E-state index contributed by atoms with van der Waals surface area (Å²) in [6.45, 7) is 1.51. The summed E-state index contributed by atoms with van der Waals surface area (Å²) in [6.07, 6.45) is 0. The fourth-order valence-electron chi connectivity index (χ4n) is 4.92. The Morgan fingerprint density at radius 2 is 1.25 bits per heavy atom. The number of hydrogen-bond donors (Lipinski definition) is 2. The van der Waals surface area contributed by atoms with Gasteiger partial charge in [-0.05, 0) is 47.9 Å². The molecule has 0 saturated heterocycles. The molecule has 2 N–H and O–H groups in total. The minimum absolute atomic E-state index is 0.0371. The number of hydrogen-bond acceptors (Lipinski definition) is 3. The molecule has 1 fully saturated rings. The molecule has 3 aromatic carbocycles. The summed E-state index contributed by atoms with van der Waals surface area (Å²) >= 11 is 0. The van der Waals surface area contributed by atoms with Crippen molar-refractivity contribution in [3.8, 4) is 0 Å². The lowest BCUT2D eigenvalue weighted by molar-refractivity contribution is -0.126. The van der Waals surface area contributed by atoms with Crippen LogP contribution in [0.2, 0.25) is 0 Å². The van der Waals surface area contributed by atoms with Gasteiger partial charge in [-0.1, -0.05) is 48.5 Å². The Hall–Kier alpha value is -3.80. The maximum atomic E-state index is 15.1. The molecule has 6 heteroatoms. The molecule has 4 rings (SSSR count). The molecule has 5 nitrogen and oxygen atoms in total. The van der Waals surface area contributed by atoms with Crippen molar-refractivity contribution in [1.29, 1.82) is 0 Å². The number of carboxylic acids is 2. The van der Waals surface area contributed by atoms with Gasteiger partial charge in [0.15, 0.2) is 0 Å². The van der Waals surface area contributed by atoms with Crippen LogP contribution in [0.3, 0.4) is 0 Å². The van der Waals surface area contributed by atoms with E-state index in [0.717, 1.165) is 17.2 Å². The van der Waals surface area contributed by atoms with E-state index in [1.165, 1.54) is 31.2 Å². The summed E-state index contributed by atoms with van der Waals surface area (Å²) in [4.78, 5) is 35.2. The number of benzene rings is 3. The largest absolute Gasteiger partial charge is 0.478 e. The van der Waals surface area contributed by atoms with E-state index in [1.807, 2.05) is 30.3 Å². The third kappa shape index (κ3) is 3.68. The highest BCUT2D eigenvalue weighted by Gasteiger charge is 2.54. The lowest BCUT2D eigenvalue weighted by Gasteiger charge is -2.52. The van der Waals surface area contributed by atoms with Crippen LogP contribution in [0.4, 0.5) is 4.39 Å². The zero-order chi connectivity index (χ0) is 23.0. The molecular formula is C26H21FO5. The van der Waals surface area contributed by atoms with E-state index in [9.17, 15) is 24.6 Å². The Morgan fingerprint density at radius 3 is 1.75 bits per heavy atom. The van der Waals surface area contributed by atoms with Crippen molar-refractivity contribution in [2.75, 3.05) is 0 Å². The number of ketones is 1. The van der Waals surface area contributed by atoms with Crippen molar-refractivity contribution >= 4 is 17.7 Å². The first-order valence-electron chi connectivity index (χ1n) is 10.2. The molecule has 0 amide bonds. The summed E-state index contributed by atoms with van der Waals surface area (Å²) in [7, 11) is 0. The molecule has 1 saturated carbocycles. The minimum Gasteiger partial charge on any atom is -0.478 e. The number of aromatic carboxylic acids is 2. The smallest absolute Gasteiger partial charge is 0.335 e. The number of rotatable bonds is 6. The Kier molecular flexibility index (Phi) is 5.61. The second kappa shape index (κ2) is 8.38. The van der Waals surface area contributed by atoms with Crippen molar-refractivity contribution in [2.45, 2.75) is 24.7 Å². The SMILES string of the molecule is CC(=O)C1C(c2ccccc2)C(c2ccc(C(=O)O)cc2F)C1c1ccc(C(=O)O)cc1. The van der Waals surface area contributed by atoms with E-state index in [1.54, 1.807) is 12.1 Å². The third-order valence-electron chi connectivity index (χ3n) is 6.35. The van der Waals surface area contributed by atoms with Crippen LogP contribution in [0, 0.1) is 11.7 Å². The molecule has 0 spiro atoms. The molecule has 0 radical (unpaired) electrons. The quantitative estimate of drug-likeness (QED) is 0.566. The molecule has 32 heavy (non-hydrogen) atoms. The highest BCUT2D eigenvalue weighted by molar-refractivity contribution is 5.88. The second-order valence-electron chi connectivity index (χ2n) is 8.09. The Bertz CT molecular complexity index is 1190. The number of carbonyl (C=O) groups excluding carboxylic acids is 1. The highest BCUT2D eigenvalue weighted by Crippen LogP contribution is 2.62. The standard InChI is InChI=1S/C26H21FO5/c1-14(28)21-22(15-5-3-2-4-6-15)24(19-12-11-18(26(31)32)13-20(19)27)23(21)16-7-9-17(10-8-16)25(29)30/h2-13,21-24H,1H3,(H,29,30)(H,31,32). The van der Waals surface area contributed by atoms with Gasteiger partial charge in [-0.15, -0.1) is 0 Å². The average Bonchev–Trinajstić information content (AvgIpc) is 2.75. The molecule has 0 bridgehead atoms. The predicted octanol–water partition coefficient (Wildman–Crippen LogP) is 5.09. The van der Waals surface area contributed by atoms with Gasteiger partial charge in [0.25, 0.3) is 0 Å². The molecular weight excluding hydrogens is 411 g/mol. The summed E-state index contributed by atoms with van der Waals surface area (Å²) in [6, 6.07) is 19.5. The minimum atomic E-state index is -1.22.